The summed E-state index contributed by atoms with van der Waals surface area (Å²) in [5.74, 6) is -0.183. The van der Waals surface area contributed by atoms with Crippen molar-refractivity contribution in [3.63, 3.8) is 0 Å². The van der Waals surface area contributed by atoms with Crippen LogP contribution in [0.4, 0.5) is 5.69 Å². The molecule has 0 aliphatic heterocycles. The van der Waals surface area contributed by atoms with Gasteiger partial charge in [-0.2, -0.15) is 0 Å². The third-order valence-electron chi connectivity index (χ3n) is 2.58. The molecule has 21 heavy (non-hydrogen) atoms. The molecule has 2 rings (SSSR count). The monoisotopic (exact) mass is 323 g/mol. The lowest BCUT2D eigenvalue weighted by atomic mass is 10.2. The van der Waals surface area contributed by atoms with E-state index in [0.717, 1.165) is 4.90 Å². The zero-order chi connectivity index (χ0) is 15.4. The van der Waals surface area contributed by atoms with E-state index in [0.29, 0.717) is 9.92 Å². The Balaban J connectivity index is 2.41. The minimum atomic E-state index is -0.513. The lowest BCUT2D eigenvalue weighted by molar-refractivity contribution is -0.387. The maximum atomic E-state index is 11.2. The van der Waals surface area contributed by atoms with Crippen molar-refractivity contribution >= 4 is 34.9 Å². The summed E-state index contributed by atoms with van der Waals surface area (Å²) < 4.78 is 0. The standard InChI is InChI=1S/C13H10ClN3O3S/c14-9-2-1-3-10(7-9)21-12-5-4-8(13(15)16-18)6-11(12)17(19)20/h1-7,18H,(H2,15,16). The van der Waals surface area contributed by atoms with E-state index in [-0.39, 0.29) is 17.1 Å². The van der Waals surface area contributed by atoms with Crippen molar-refractivity contribution in [2.24, 2.45) is 10.9 Å². The molecule has 0 aliphatic rings. The molecule has 0 bridgehead atoms. The number of halogens is 1. The first-order valence-corrected chi connectivity index (χ1v) is 6.90. The number of rotatable bonds is 4. The largest absolute Gasteiger partial charge is 0.409 e. The van der Waals surface area contributed by atoms with Gasteiger partial charge >= 0.3 is 0 Å². The lowest BCUT2D eigenvalue weighted by Gasteiger charge is -2.05. The number of oxime groups is 1. The van der Waals surface area contributed by atoms with Gasteiger partial charge in [-0.3, -0.25) is 10.1 Å². The van der Waals surface area contributed by atoms with Crippen LogP contribution in [-0.2, 0) is 0 Å². The summed E-state index contributed by atoms with van der Waals surface area (Å²) in [5.41, 5.74) is 5.60. The van der Waals surface area contributed by atoms with Crippen molar-refractivity contribution < 1.29 is 10.1 Å². The van der Waals surface area contributed by atoms with Gasteiger partial charge in [0.05, 0.1) is 9.82 Å². The van der Waals surface area contributed by atoms with Gasteiger partial charge in [-0.05, 0) is 30.3 Å². The Hall–Kier alpha value is -2.25. The molecular formula is C13H10ClN3O3S. The third kappa shape index (κ3) is 3.65. The van der Waals surface area contributed by atoms with E-state index in [2.05, 4.69) is 5.16 Å². The zero-order valence-corrected chi connectivity index (χ0v) is 12.1. The van der Waals surface area contributed by atoms with E-state index >= 15 is 0 Å². The Morgan fingerprint density at radius 1 is 1.33 bits per heavy atom. The Kier molecular flexibility index (Phi) is 4.66. The maximum Gasteiger partial charge on any atom is 0.283 e. The molecule has 3 N–H and O–H groups in total. The minimum Gasteiger partial charge on any atom is -0.409 e. The van der Waals surface area contributed by atoms with E-state index in [4.69, 9.17) is 22.5 Å². The van der Waals surface area contributed by atoms with Crippen LogP contribution in [0.1, 0.15) is 5.56 Å². The predicted molar refractivity (Wildman–Crippen MR) is 81.2 cm³/mol. The van der Waals surface area contributed by atoms with Crippen LogP contribution in [0.15, 0.2) is 57.4 Å². The second-order valence-electron chi connectivity index (χ2n) is 3.98. The van der Waals surface area contributed by atoms with Crippen molar-refractivity contribution in [2.75, 3.05) is 0 Å². The molecular weight excluding hydrogens is 314 g/mol. The van der Waals surface area contributed by atoms with Gasteiger partial charge in [0.25, 0.3) is 5.69 Å². The van der Waals surface area contributed by atoms with E-state index in [1.165, 1.54) is 17.8 Å². The number of amidine groups is 1. The van der Waals surface area contributed by atoms with Crippen LogP contribution in [-0.4, -0.2) is 16.0 Å². The Morgan fingerprint density at radius 3 is 2.71 bits per heavy atom. The van der Waals surface area contributed by atoms with Crippen molar-refractivity contribution in [2.45, 2.75) is 9.79 Å². The van der Waals surface area contributed by atoms with E-state index in [9.17, 15) is 10.1 Å². The molecule has 0 unspecified atom stereocenters. The molecule has 0 amide bonds. The summed E-state index contributed by atoms with van der Waals surface area (Å²) in [7, 11) is 0. The van der Waals surface area contributed by atoms with Crippen LogP contribution in [0.25, 0.3) is 0 Å². The first-order valence-electron chi connectivity index (χ1n) is 5.71. The molecule has 6 nitrogen and oxygen atoms in total. The van der Waals surface area contributed by atoms with Crippen LogP contribution < -0.4 is 5.73 Å². The smallest absolute Gasteiger partial charge is 0.283 e. The van der Waals surface area contributed by atoms with Gasteiger partial charge in [0.15, 0.2) is 5.84 Å². The molecule has 0 saturated heterocycles. The highest BCUT2D eigenvalue weighted by Gasteiger charge is 2.17. The Morgan fingerprint density at radius 2 is 2.10 bits per heavy atom. The highest BCUT2D eigenvalue weighted by Crippen LogP contribution is 2.36. The van der Waals surface area contributed by atoms with Crippen LogP contribution in [0, 0.1) is 10.1 Å². The highest BCUT2D eigenvalue weighted by atomic mass is 35.5. The fourth-order valence-electron chi connectivity index (χ4n) is 1.62. The van der Waals surface area contributed by atoms with E-state index in [1.807, 2.05) is 0 Å². The number of nitro groups is 1. The molecule has 108 valence electrons. The van der Waals surface area contributed by atoms with Gasteiger partial charge in [-0.1, -0.05) is 34.6 Å². The van der Waals surface area contributed by atoms with Gasteiger partial charge in [-0.25, -0.2) is 0 Å². The lowest BCUT2D eigenvalue weighted by Crippen LogP contribution is -2.13. The van der Waals surface area contributed by atoms with Gasteiger partial charge in [0.2, 0.25) is 0 Å². The van der Waals surface area contributed by atoms with Crippen LogP contribution in [0.3, 0.4) is 0 Å². The molecule has 0 saturated carbocycles. The third-order valence-corrected chi connectivity index (χ3v) is 3.87. The quantitative estimate of drug-likeness (QED) is 0.295. The normalized spacial score (nSPS) is 11.4. The first-order chi connectivity index (χ1) is 10.0. The summed E-state index contributed by atoms with van der Waals surface area (Å²) in [4.78, 5) is 11.9. The molecule has 2 aromatic carbocycles. The average molecular weight is 324 g/mol. The number of hydrogen-bond acceptors (Lipinski definition) is 5. The Bertz CT molecular complexity index is 722. The fraction of sp³-hybridized carbons (Fsp3) is 0. The number of nitrogens with zero attached hydrogens (tertiary/aromatic N) is 2. The molecule has 0 fully saturated rings. The second kappa shape index (κ2) is 6.47. The summed E-state index contributed by atoms with van der Waals surface area (Å²) in [6.07, 6.45) is 0. The molecule has 2 aromatic rings. The first kappa shape index (κ1) is 15.1. The van der Waals surface area contributed by atoms with Gasteiger partial charge in [0.1, 0.15) is 0 Å². The number of benzene rings is 2. The summed E-state index contributed by atoms with van der Waals surface area (Å²) in [6.45, 7) is 0. The van der Waals surface area contributed by atoms with Crippen molar-refractivity contribution in [3.8, 4) is 0 Å². The molecule has 0 atom stereocenters. The van der Waals surface area contributed by atoms with Crippen molar-refractivity contribution in [1.29, 1.82) is 0 Å². The van der Waals surface area contributed by atoms with Crippen LogP contribution in [0.5, 0.6) is 0 Å². The maximum absolute atomic E-state index is 11.2. The topological polar surface area (TPSA) is 102 Å². The fourth-order valence-corrected chi connectivity index (χ4v) is 2.84. The highest BCUT2D eigenvalue weighted by molar-refractivity contribution is 7.99. The number of hydrogen-bond donors (Lipinski definition) is 2. The van der Waals surface area contributed by atoms with Crippen molar-refractivity contribution in [3.05, 3.63) is 63.2 Å². The summed E-state index contributed by atoms with van der Waals surface area (Å²) >= 11 is 7.11. The van der Waals surface area contributed by atoms with Gasteiger partial charge in [-0.15, -0.1) is 0 Å². The van der Waals surface area contributed by atoms with Crippen LogP contribution in [0.2, 0.25) is 5.02 Å². The van der Waals surface area contributed by atoms with Crippen LogP contribution >= 0.6 is 23.4 Å². The molecule has 0 heterocycles. The van der Waals surface area contributed by atoms with Gasteiger partial charge < -0.3 is 10.9 Å². The van der Waals surface area contributed by atoms with E-state index < -0.39 is 4.92 Å². The predicted octanol–water partition coefficient (Wildman–Crippen LogP) is 3.49. The summed E-state index contributed by atoms with van der Waals surface area (Å²) in [6, 6.07) is 11.4. The number of nitro benzene ring substituents is 1. The number of nitrogens with two attached hydrogens (primary N) is 1. The molecule has 8 heteroatoms. The van der Waals surface area contributed by atoms with Crippen molar-refractivity contribution in [1.82, 2.24) is 0 Å². The van der Waals surface area contributed by atoms with E-state index in [1.54, 1.807) is 36.4 Å². The molecule has 0 radical (unpaired) electrons. The zero-order valence-electron chi connectivity index (χ0n) is 10.6. The summed E-state index contributed by atoms with van der Waals surface area (Å²) in [5, 5.41) is 23.2. The SMILES string of the molecule is NC(=NO)c1ccc(Sc2cccc(Cl)c2)c([N+](=O)[O-])c1. The molecule has 0 aliphatic carbocycles. The average Bonchev–Trinajstić information content (AvgIpc) is 2.46. The second-order valence-corrected chi connectivity index (χ2v) is 5.54. The minimum absolute atomic E-state index is 0.121. The van der Waals surface area contributed by atoms with Gasteiger partial charge in [0, 0.05) is 21.5 Å². The molecule has 0 aromatic heterocycles. The molecule has 0 spiro atoms. The Labute approximate surface area is 129 Å².